The fourth-order valence-electron chi connectivity index (χ4n) is 1.30. The Morgan fingerprint density at radius 2 is 2.29 bits per heavy atom. The van der Waals surface area contributed by atoms with Crippen molar-refractivity contribution in [2.24, 2.45) is 0 Å². The van der Waals surface area contributed by atoms with E-state index in [1.165, 1.54) is 18.6 Å². The van der Waals surface area contributed by atoms with Gasteiger partial charge in [-0.05, 0) is 32.5 Å². The minimum atomic E-state index is 0.344. The summed E-state index contributed by atoms with van der Waals surface area (Å²) in [5, 5.41) is 7.41. The van der Waals surface area contributed by atoms with Crippen molar-refractivity contribution >= 4 is 29.1 Å². The van der Waals surface area contributed by atoms with Crippen molar-refractivity contribution in [3.8, 4) is 0 Å². The first-order chi connectivity index (χ1) is 6.56. The zero-order valence-electron chi connectivity index (χ0n) is 9.22. The topological polar surface area (TPSA) is 24.1 Å². The first-order valence-corrected chi connectivity index (χ1v) is 6.64. The normalized spacial score (nSPS) is 23.8. The van der Waals surface area contributed by atoms with Crippen molar-refractivity contribution in [3.05, 3.63) is 0 Å². The van der Waals surface area contributed by atoms with Crippen LogP contribution in [0.5, 0.6) is 0 Å². The first kappa shape index (κ1) is 12.1. The van der Waals surface area contributed by atoms with E-state index < -0.39 is 0 Å². The highest BCUT2D eigenvalue weighted by atomic mass is 32.2. The van der Waals surface area contributed by atoms with Gasteiger partial charge >= 0.3 is 0 Å². The molecule has 0 aromatic rings. The largest absolute Gasteiger partial charge is 0.363 e. The van der Waals surface area contributed by atoms with E-state index >= 15 is 0 Å². The van der Waals surface area contributed by atoms with E-state index in [0.29, 0.717) is 10.8 Å². The molecule has 1 heterocycles. The summed E-state index contributed by atoms with van der Waals surface area (Å²) in [6, 6.07) is 0.536. The molecule has 1 fully saturated rings. The second kappa shape index (κ2) is 5.21. The smallest absolute Gasteiger partial charge is 0.166 e. The third-order valence-corrected chi connectivity index (χ3v) is 4.37. The Balaban J connectivity index is 2.14. The van der Waals surface area contributed by atoms with Gasteiger partial charge in [-0.2, -0.15) is 11.8 Å². The number of thiocarbonyl (C=S) groups is 1. The highest BCUT2D eigenvalue weighted by molar-refractivity contribution is 8.02. The van der Waals surface area contributed by atoms with Crippen molar-refractivity contribution in [2.75, 3.05) is 12.3 Å². The van der Waals surface area contributed by atoms with Crippen LogP contribution in [0.2, 0.25) is 0 Å². The van der Waals surface area contributed by atoms with Gasteiger partial charge < -0.3 is 10.6 Å². The predicted molar refractivity (Wildman–Crippen MR) is 69.0 cm³/mol. The molecule has 2 nitrogen and oxygen atoms in total. The average Bonchev–Trinajstić information content (AvgIpc) is 2.13. The van der Waals surface area contributed by atoms with E-state index in [9.17, 15) is 0 Å². The summed E-state index contributed by atoms with van der Waals surface area (Å²) < 4.78 is 0.344. The van der Waals surface area contributed by atoms with E-state index in [4.69, 9.17) is 12.2 Å². The molecule has 2 N–H and O–H groups in total. The van der Waals surface area contributed by atoms with Gasteiger partial charge in [0, 0.05) is 17.0 Å². The molecule has 0 spiro atoms. The van der Waals surface area contributed by atoms with Gasteiger partial charge in [0.15, 0.2) is 5.11 Å². The van der Waals surface area contributed by atoms with Crippen molar-refractivity contribution in [2.45, 2.75) is 44.4 Å². The van der Waals surface area contributed by atoms with Gasteiger partial charge in [-0.1, -0.05) is 13.3 Å². The lowest BCUT2D eigenvalue weighted by atomic mass is 10.0. The van der Waals surface area contributed by atoms with E-state index in [1.54, 1.807) is 0 Å². The van der Waals surface area contributed by atoms with Crippen LogP contribution in [-0.2, 0) is 0 Å². The molecule has 14 heavy (non-hydrogen) atoms. The lowest BCUT2D eigenvalue weighted by Gasteiger charge is -2.44. The number of hydrogen-bond acceptors (Lipinski definition) is 2. The van der Waals surface area contributed by atoms with Crippen LogP contribution in [0, 0.1) is 0 Å². The molecular weight excluding hydrogens is 212 g/mol. The Morgan fingerprint density at radius 3 is 2.71 bits per heavy atom. The van der Waals surface area contributed by atoms with E-state index in [1.807, 2.05) is 11.8 Å². The highest BCUT2D eigenvalue weighted by Gasteiger charge is 2.39. The Hall–Kier alpha value is 0.0400. The van der Waals surface area contributed by atoms with Crippen LogP contribution in [0.4, 0.5) is 0 Å². The predicted octanol–water partition coefficient (Wildman–Crippen LogP) is 2.14. The third-order valence-electron chi connectivity index (χ3n) is 2.58. The monoisotopic (exact) mass is 232 g/mol. The molecule has 4 heteroatoms. The van der Waals surface area contributed by atoms with Crippen LogP contribution < -0.4 is 10.6 Å². The van der Waals surface area contributed by atoms with Crippen LogP contribution in [0.25, 0.3) is 0 Å². The summed E-state index contributed by atoms with van der Waals surface area (Å²) in [5.41, 5.74) is 0. The minimum absolute atomic E-state index is 0.344. The van der Waals surface area contributed by atoms with Crippen molar-refractivity contribution in [1.29, 1.82) is 0 Å². The summed E-state index contributed by atoms with van der Waals surface area (Å²) in [7, 11) is 0. The molecule has 0 aliphatic carbocycles. The third kappa shape index (κ3) is 3.31. The van der Waals surface area contributed by atoms with Crippen molar-refractivity contribution < 1.29 is 0 Å². The number of hydrogen-bond donors (Lipinski definition) is 2. The van der Waals surface area contributed by atoms with Crippen LogP contribution in [0.1, 0.15) is 33.6 Å². The molecule has 1 saturated heterocycles. The molecule has 1 rings (SSSR count). The number of unbranched alkanes of at least 4 members (excludes halogenated alkanes) is 1. The SMILES string of the molecule is CCCCNC(=S)NC1CSC1(C)C. The van der Waals surface area contributed by atoms with Crippen molar-refractivity contribution in [1.82, 2.24) is 10.6 Å². The quantitative estimate of drug-likeness (QED) is 0.573. The molecule has 1 unspecified atom stereocenters. The summed E-state index contributed by atoms with van der Waals surface area (Å²) in [6.45, 7) is 7.69. The van der Waals surface area contributed by atoms with Crippen LogP contribution in [0.15, 0.2) is 0 Å². The molecule has 0 radical (unpaired) electrons. The van der Waals surface area contributed by atoms with E-state index in [2.05, 4.69) is 31.4 Å². The van der Waals surface area contributed by atoms with Gasteiger partial charge in [-0.25, -0.2) is 0 Å². The molecule has 1 atom stereocenters. The number of nitrogens with one attached hydrogen (secondary N) is 2. The standard InChI is InChI=1S/C10H20N2S2/c1-4-5-6-11-9(13)12-8-7-14-10(8,2)3/h8H,4-7H2,1-3H3,(H2,11,12,13). The Kier molecular flexibility index (Phi) is 4.51. The van der Waals surface area contributed by atoms with Crippen LogP contribution >= 0.6 is 24.0 Å². The Bertz CT molecular complexity index is 204. The maximum absolute atomic E-state index is 5.21. The van der Waals surface area contributed by atoms with Gasteiger partial charge in [0.05, 0.1) is 6.04 Å². The molecule has 82 valence electrons. The van der Waals surface area contributed by atoms with Gasteiger partial charge in [0.2, 0.25) is 0 Å². The second-order valence-electron chi connectivity index (χ2n) is 4.22. The summed E-state index contributed by atoms with van der Waals surface area (Å²) in [5.74, 6) is 1.17. The number of thioether (sulfide) groups is 1. The van der Waals surface area contributed by atoms with Crippen molar-refractivity contribution in [3.63, 3.8) is 0 Å². The maximum Gasteiger partial charge on any atom is 0.166 e. The Morgan fingerprint density at radius 1 is 1.57 bits per heavy atom. The molecule has 0 saturated carbocycles. The molecular formula is C10H20N2S2. The molecule has 0 aromatic carbocycles. The molecule has 0 amide bonds. The Labute approximate surface area is 96.6 Å². The lowest BCUT2D eigenvalue weighted by molar-refractivity contribution is 0.496. The fraction of sp³-hybridized carbons (Fsp3) is 0.900. The summed E-state index contributed by atoms with van der Waals surface area (Å²) in [4.78, 5) is 0. The molecule has 0 aromatic heterocycles. The maximum atomic E-state index is 5.21. The van der Waals surface area contributed by atoms with E-state index in [0.717, 1.165) is 11.7 Å². The zero-order valence-corrected chi connectivity index (χ0v) is 10.9. The fourth-order valence-corrected chi connectivity index (χ4v) is 2.69. The first-order valence-electron chi connectivity index (χ1n) is 5.24. The summed E-state index contributed by atoms with van der Waals surface area (Å²) >= 11 is 7.21. The van der Waals surface area contributed by atoms with Gasteiger partial charge in [0.1, 0.15) is 0 Å². The van der Waals surface area contributed by atoms with Gasteiger partial charge in [0.25, 0.3) is 0 Å². The molecule has 0 bridgehead atoms. The molecule has 1 aliphatic rings. The van der Waals surface area contributed by atoms with E-state index in [-0.39, 0.29) is 0 Å². The second-order valence-corrected chi connectivity index (χ2v) is 6.30. The number of rotatable bonds is 4. The zero-order chi connectivity index (χ0) is 10.6. The van der Waals surface area contributed by atoms with Gasteiger partial charge in [-0.3, -0.25) is 0 Å². The molecule has 1 aliphatic heterocycles. The summed E-state index contributed by atoms with van der Waals surface area (Å²) in [6.07, 6.45) is 2.39. The van der Waals surface area contributed by atoms with Crippen LogP contribution in [0.3, 0.4) is 0 Å². The lowest BCUT2D eigenvalue weighted by Crippen LogP contribution is -2.58. The highest BCUT2D eigenvalue weighted by Crippen LogP contribution is 2.39. The van der Waals surface area contributed by atoms with Crippen LogP contribution in [-0.4, -0.2) is 28.2 Å². The minimum Gasteiger partial charge on any atom is -0.363 e. The van der Waals surface area contributed by atoms with Gasteiger partial charge in [-0.15, -0.1) is 0 Å². The average molecular weight is 232 g/mol.